The van der Waals surface area contributed by atoms with Crippen LogP contribution < -0.4 is 15.4 Å². The van der Waals surface area contributed by atoms with E-state index >= 15 is 0 Å². The Kier molecular flexibility index (Phi) is 5.66. The first kappa shape index (κ1) is 14.8. The molecule has 3 N–H and O–H groups in total. The molecule has 0 aliphatic rings. The number of methoxy groups -OCH3 is 1. The topological polar surface area (TPSA) is 87.7 Å². The number of carboxylic acid groups (broad SMARTS) is 1. The van der Waals surface area contributed by atoms with Crippen molar-refractivity contribution in [3.63, 3.8) is 0 Å². The zero-order valence-corrected chi connectivity index (χ0v) is 11.0. The number of carbonyl (C=O) groups is 2. The third-order valence-corrected chi connectivity index (χ3v) is 2.47. The molecule has 2 amide bonds. The smallest absolute Gasteiger partial charge is 0.315 e. The van der Waals surface area contributed by atoms with Gasteiger partial charge in [-0.15, -0.1) is 0 Å². The fourth-order valence-electron chi connectivity index (χ4n) is 1.51. The van der Waals surface area contributed by atoms with Crippen LogP contribution in [-0.2, 0) is 11.3 Å². The van der Waals surface area contributed by atoms with Gasteiger partial charge in [-0.05, 0) is 24.6 Å². The number of rotatable bonds is 6. The number of hydrogen-bond acceptors (Lipinski definition) is 3. The molecule has 0 heterocycles. The second-order valence-corrected chi connectivity index (χ2v) is 4.17. The Morgan fingerprint density at radius 2 is 1.95 bits per heavy atom. The minimum Gasteiger partial charge on any atom is -0.497 e. The molecule has 1 aromatic rings. The van der Waals surface area contributed by atoms with Gasteiger partial charge in [0.15, 0.2) is 0 Å². The lowest BCUT2D eigenvalue weighted by atomic mass is 10.2. The van der Waals surface area contributed by atoms with Crippen molar-refractivity contribution in [2.24, 2.45) is 0 Å². The molecule has 6 heteroatoms. The summed E-state index contributed by atoms with van der Waals surface area (Å²) in [6, 6.07) is 6.52. The molecule has 0 fully saturated rings. The summed E-state index contributed by atoms with van der Waals surface area (Å²) in [5, 5.41) is 13.8. The molecule has 0 spiro atoms. The number of benzene rings is 1. The van der Waals surface area contributed by atoms with Crippen LogP contribution in [0.2, 0.25) is 0 Å². The van der Waals surface area contributed by atoms with Gasteiger partial charge in [-0.1, -0.05) is 12.1 Å². The third kappa shape index (κ3) is 5.76. The van der Waals surface area contributed by atoms with Gasteiger partial charge in [-0.3, -0.25) is 4.79 Å². The van der Waals surface area contributed by atoms with Crippen LogP contribution >= 0.6 is 0 Å². The molecule has 0 radical (unpaired) electrons. The highest BCUT2D eigenvalue weighted by Crippen LogP contribution is 2.10. The third-order valence-electron chi connectivity index (χ3n) is 2.47. The van der Waals surface area contributed by atoms with E-state index in [0.29, 0.717) is 6.54 Å². The first-order chi connectivity index (χ1) is 9.01. The summed E-state index contributed by atoms with van der Waals surface area (Å²) in [4.78, 5) is 21.9. The lowest BCUT2D eigenvalue weighted by Crippen LogP contribution is -2.41. The SMILES string of the molecule is COc1ccc(CNC(=O)NC(C)CC(=O)O)cc1. The number of urea groups is 1. The van der Waals surface area contributed by atoms with Crippen molar-refractivity contribution in [2.45, 2.75) is 25.9 Å². The Bertz CT molecular complexity index is 431. The largest absolute Gasteiger partial charge is 0.497 e. The second kappa shape index (κ2) is 7.25. The fourth-order valence-corrected chi connectivity index (χ4v) is 1.51. The number of carbonyl (C=O) groups excluding carboxylic acids is 1. The summed E-state index contributed by atoms with van der Waals surface area (Å²) in [6.07, 6.45) is -0.101. The van der Waals surface area contributed by atoms with Gasteiger partial charge < -0.3 is 20.5 Å². The minimum absolute atomic E-state index is 0.101. The Labute approximate surface area is 111 Å². The number of carboxylic acids is 1. The van der Waals surface area contributed by atoms with E-state index < -0.39 is 12.0 Å². The highest BCUT2D eigenvalue weighted by Gasteiger charge is 2.10. The fraction of sp³-hybridized carbons (Fsp3) is 0.385. The summed E-state index contributed by atoms with van der Waals surface area (Å²) in [5.41, 5.74) is 0.932. The number of hydrogen-bond donors (Lipinski definition) is 3. The van der Waals surface area contributed by atoms with Gasteiger partial charge in [0.2, 0.25) is 0 Å². The van der Waals surface area contributed by atoms with Gasteiger partial charge in [0, 0.05) is 12.6 Å². The van der Waals surface area contributed by atoms with Gasteiger partial charge >= 0.3 is 12.0 Å². The van der Waals surface area contributed by atoms with Crippen LogP contribution in [0.4, 0.5) is 4.79 Å². The predicted octanol–water partition coefficient (Wildman–Crippen LogP) is 1.36. The maximum atomic E-state index is 11.5. The van der Waals surface area contributed by atoms with Crippen LogP contribution in [0.15, 0.2) is 24.3 Å². The standard InChI is InChI=1S/C13H18N2O4/c1-9(7-12(16)17)15-13(18)14-8-10-3-5-11(19-2)6-4-10/h3-6,9H,7-8H2,1-2H3,(H,16,17)(H2,14,15,18). The van der Waals surface area contributed by atoms with E-state index in [0.717, 1.165) is 11.3 Å². The van der Waals surface area contributed by atoms with E-state index in [-0.39, 0.29) is 12.5 Å². The molecule has 0 aromatic heterocycles. The first-order valence-electron chi connectivity index (χ1n) is 5.90. The molecule has 6 nitrogen and oxygen atoms in total. The van der Waals surface area contributed by atoms with E-state index in [4.69, 9.17) is 9.84 Å². The number of aliphatic carboxylic acids is 1. The van der Waals surface area contributed by atoms with Crippen molar-refractivity contribution in [1.29, 1.82) is 0 Å². The summed E-state index contributed by atoms with van der Waals surface area (Å²) >= 11 is 0. The molecule has 0 saturated heterocycles. The number of amides is 2. The predicted molar refractivity (Wildman–Crippen MR) is 70.1 cm³/mol. The van der Waals surface area contributed by atoms with Crippen LogP contribution in [0.5, 0.6) is 5.75 Å². The molecule has 0 aliphatic carbocycles. The van der Waals surface area contributed by atoms with Crippen molar-refractivity contribution >= 4 is 12.0 Å². The molecule has 104 valence electrons. The van der Waals surface area contributed by atoms with Crippen molar-refractivity contribution in [2.75, 3.05) is 7.11 Å². The molecule has 1 atom stereocenters. The number of ether oxygens (including phenoxy) is 1. The van der Waals surface area contributed by atoms with Gasteiger partial charge in [0.25, 0.3) is 0 Å². The van der Waals surface area contributed by atoms with Gasteiger partial charge in [-0.25, -0.2) is 4.79 Å². The van der Waals surface area contributed by atoms with Crippen molar-refractivity contribution in [3.05, 3.63) is 29.8 Å². The average molecular weight is 266 g/mol. The zero-order chi connectivity index (χ0) is 14.3. The quantitative estimate of drug-likeness (QED) is 0.725. The zero-order valence-electron chi connectivity index (χ0n) is 11.0. The second-order valence-electron chi connectivity index (χ2n) is 4.17. The molecule has 0 bridgehead atoms. The molecule has 1 rings (SSSR count). The van der Waals surface area contributed by atoms with Crippen LogP contribution in [0, 0.1) is 0 Å². The normalized spacial score (nSPS) is 11.5. The Morgan fingerprint density at radius 3 is 2.47 bits per heavy atom. The molecule has 19 heavy (non-hydrogen) atoms. The highest BCUT2D eigenvalue weighted by molar-refractivity contribution is 5.75. The summed E-state index contributed by atoms with van der Waals surface area (Å²) < 4.78 is 5.03. The van der Waals surface area contributed by atoms with E-state index in [1.54, 1.807) is 14.0 Å². The minimum atomic E-state index is -0.942. The van der Waals surface area contributed by atoms with Gasteiger partial charge in [-0.2, -0.15) is 0 Å². The maximum Gasteiger partial charge on any atom is 0.315 e. The Balaban J connectivity index is 2.34. The van der Waals surface area contributed by atoms with Crippen molar-refractivity contribution in [1.82, 2.24) is 10.6 Å². The van der Waals surface area contributed by atoms with E-state index in [1.165, 1.54) is 0 Å². The van der Waals surface area contributed by atoms with Crippen LogP contribution in [0.3, 0.4) is 0 Å². The van der Waals surface area contributed by atoms with Crippen LogP contribution in [-0.4, -0.2) is 30.3 Å². The van der Waals surface area contributed by atoms with Gasteiger partial charge in [0.1, 0.15) is 5.75 Å². The number of nitrogens with one attached hydrogen (secondary N) is 2. The molecular weight excluding hydrogens is 248 g/mol. The van der Waals surface area contributed by atoms with E-state index in [2.05, 4.69) is 10.6 Å². The molecule has 0 aliphatic heterocycles. The molecule has 0 saturated carbocycles. The van der Waals surface area contributed by atoms with Gasteiger partial charge in [0.05, 0.1) is 13.5 Å². The lowest BCUT2D eigenvalue weighted by molar-refractivity contribution is -0.137. The maximum absolute atomic E-state index is 11.5. The molecule has 1 unspecified atom stereocenters. The summed E-state index contributed by atoms with van der Waals surface area (Å²) in [5.74, 6) is -0.189. The Hall–Kier alpha value is -2.24. The lowest BCUT2D eigenvalue weighted by Gasteiger charge is -2.12. The Morgan fingerprint density at radius 1 is 1.32 bits per heavy atom. The highest BCUT2D eigenvalue weighted by atomic mass is 16.5. The van der Waals surface area contributed by atoms with Crippen molar-refractivity contribution in [3.8, 4) is 5.75 Å². The van der Waals surface area contributed by atoms with Crippen LogP contribution in [0.25, 0.3) is 0 Å². The molecular formula is C13H18N2O4. The first-order valence-corrected chi connectivity index (χ1v) is 5.90. The summed E-state index contributed by atoms with van der Waals surface area (Å²) in [7, 11) is 1.59. The van der Waals surface area contributed by atoms with Crippen molar-refractivity contribution < 1.29 is 19.4 Å². The van der Waals surface area contributed by atoms with E-state index in [9.17, 15) is 9.59 Å². The summed E-state index contributed by atoms with van der Waals surface area (Å²) in [6.45, 7) is 2.01. The molecule has 1 aromatic carbocycles. The monoisotopic (exact) mass is 266 g/mol. The van der Waals surface area contributed by atoms with E-state index in [1.807, 2.05) is 24.3 Å². The van der Waals surface area contributed by atoms with Crippen LogP contribution in [0.1, 0.15) is 18.9 Å². The average Bonchev–Trinajstić information content (AvgIpc) is 2.36.